The van der Waals surface area contributed by atoms with Gasteiger partial charge in [0.2, 0.25) is 0 Å². The molecule has 1 aromatic rings. The topological polar surface area (TPSA) is 102 Å². The van der Waals surface area contributed by atoms with Gasteiger partial charge in [0.15, 0.2) is 11.6 Å². The average molecular weight is 473 g/mol. The number of aromatic nitrogens is 1. The van der Waals surface area contributed by atoms with Crippen LogP contribution in [0.2, 0.25) is 0 Å². The lowest BCUT2D eigenvalue weighted by Crippen LogP contribution is -2.25. The minimum atomic E-state index is -0.901. The molecule has 1 aliphatic carbocycles. The van der Waals surface area contributed by atoms with Crippen molar-refractivity contribution in [1.29, 1.82) is 0 Å². The zero-order chi connectivity index (χ0) is 23.8. The van der Waals surface area contributed by atoms with Crippen LogP contribution >= 0.6 is 0 Å². The van der Waals surface area contributed by atoms with Gasteiger partial charge in [0.25, 0.3) is 5.91 Å². The molecule has 3 fully saturated rings. The smallest absolute Gasteiger partial charge is 0.304 e. The molecule has 0 radical (unpaired) electrons. The largest absolute Gasteiger partial charge is 0.481 e. The van der Waals surface area contributed by atoms with Gasteiger partial charge in [-0.15, -0.1) is 0 Å². The van der Waals surface area contributed by atoms with Gasteiger partial charge in [-0.1, -0.05) is 57.1 Å². The van der Waals surface area contributed by atoms with Crippen LogP contribution in [0.4, 0.5) is 0 Å². The van der Waals surface area contributed by atoms with Crippen LogP contribution in [0.25, 0.3) is 0 Å². The van der Waals surface area contributed by atoms with Gasteiger partial charge >= 0.3 is 5.97 Å². The summed E-state index contributed by atoms with van der Waals surface area (Å²) in [4.78, 5) is 28.2. The number of fused-ring (bicyclic) bond motifs is 2. The minimum absolute atomic E-state index is 0.0790. The molecule has 2 aliphatic heterocycles. The predicted molar refractivity (Wildman–Crippen MR) is 129 cm³/mol. The molecule has 4 atom stereocenters. The van der Waals surface area contributed by atoms with Crippen molar-refractivity contribution in [3.8, 4) is 0 Å². The van der Waals surface area contributed by atoms with Crippen LogP contribution < -0.4 is 5.32 Å². The highest BCUT2D eigenvalue weighted by Gasteiger charge is 2.39. The molecule has 2 bridgehead atoms. The maximum atomic E-state index is 12.5. The zero-order valence-corrected chi connectivity index (χ0v) is 20.3. The van der Waals surface area contributed by atoms with E-state index in [2.05, 4.69) is 16.4 Å². The van der Waals surface area contributed by atoms with E-state index < -0.39 is 5.97 Å². The Morgan fingerprint density at radius 2 is 2.00 bits per heavy atom. The summed E-state index contributed by atoms with van der Waals surface area (Å²) in [6.45, 7) is 0.627. The van der Waals surface area contributed by atoms with Crippen molar-refractivity contribution in [2.24, 2.45) is 11.8 Å². The van der Waals surface area contributed by atoms with Crippen molar-refractivity contribution >= 4 is 11.9 Å². The molecular weight excluding hydrogens is 432 g/mol. The fraction of sp³-hybridized carbons (Fsp3) is 0.741. The Labute approximate surface area is 202 Å². The molecule has 3 aliphatic rings. The first-order valence-electron chi connectivity index (χ1n) is 13.3. The van der Waals surface area contributed by atoms with E-state index in [9.17, 15) is 14.7 Å². The molecule has 0 unspecified atom stereocenters. The molecule has 0 aromatic carbocycles. The number of aliphatic carboxylic acids is 1. The fourth-order valence-electron chi connectivity index (χ4n) is 5.91. The Morgan fingerprint density at radius 3 is 2.74 bits per heavy atom. The number of nitrogens with zero attached hydrogens (tertiary/aromatic N) is 1. The molecule has 188 valence electrons. The molecule has 34 heavy (non-hydrogen) atoms. The number of hydrogen-bond acceptors (Lipinski definition) is 5. The first-order chi connectivity index (χ1) is 16.6. The lowest BCUT2D eigenvalue weighted by molar-refractivity contribution is -0.137. The maximum Gasteiger partial charge on any atom is 0.304 e. The summed E-state index contributed by atoms with van der Waals surface area (Å²) >= 11 is 0. The second kappa shape index (κ2) is 12.5. The number of hydrogen-bond donors (Lipinski definition) is 2. The molecule has 3 heterocycles. The molecule has 0 spiro atoms. The van der Waals surface area contributed by atoms with Crippen LogP contribution in [0, 0.1) is 11.8 Å². The van der Waals surface area contributed by atoms with E-state index in [0.29, 0.717) is 37.0 Å². The molecule has 2 saturated heterocycles. The van der Waals surface area contributed by atoms with Crippen molar-refractivity contribution in [2.75, 3.05) is 6.54 Å². The fourth-order valence-corrected chi connectivity index (χ4v) is 5.91. The van der Waals surface area contributed by atoms with E-state index >= 15 is 0 Å². The monoisotopic (exact) mass is 472 g/mol. The number of unbranched alkanes of at least 4 members (excludes halogenated alkanes) is 1. The van der Waals surface area contributed by atoms with E-state index in [4.69, 9.17) is 9.15 Å². The summed E-state index contributed by atoms with van der Waals surface area (Å²) in [5, 5.41) is 12.3. The van der Waals surface area contributed by atoms with Crippen LogP contribution in [0.3, 0.4) is 0 Å². The van der Waals surface area contributed by atoms with Crippen molar-refractivity contribution in [1.82, 2.24) is 10.3 Å². The molecule has 1 amide bonds. The number of ether oxygens (including phenoxy) is 1. The normalized spacial score (nSPS) is 25.7. The number of allylic oxidation sites excluding steroid dienone is 2. The van der Waals surface area contributed by atoms with E-state index in [-0.39, 0.29) is 23.9 Å². The molecule has 7 nitrogen and oxygen atoms in total. The number of nitrogens with one attached hydrogen (secondary N) is 1. The maximum absolute atomic E-state index is 12.5. The molecular formula is C27H40N2O5. The van der Waals surface area contributed by atoms with Crippen LogP contribution in [0.1, 0.15) is 112 Å². The van der Waals surface area contributed by atoms with Crippen LogP contribution in [-0.2, 0) is 9.53 Å². The SMILES string of the molecule is O=C(O)C[C@H](CC=CC[C@H]1C[C@@H]2CC[C@@H]1O2)c1nc(C(=O)NCCCCC2CCCCC2)co1. The van der Waals surface area contributed by atoms with Gasteiger partial charge in [-0.05, 0) is 50.4 Å². The number of amides is 1. The van der Waals surface area contributed by atoms with E-state index in [1.165, 1.54) is 51.2 Å². The van der Waals surface area contributed by atoms with Crippen LogP contribution in [-0.4, -0.2) is 40.7 Å². The Kier molecular flexibility index (Phi) is 9.19. The van der Waals surface area contributed by atoms with Gasteiger partial charge in [-0.3, -0.25) is 9.59 Å². The quantitative estimate of drug-likeness (QED) is 0.285. The van der Waals surface area contributed by atoms with Gasteiger partial charge in [0.05, 0.1) is 18.6 Å². The Bertz CT molecular complexity index is 829. The van der Waals surface area contributed by atoms with Gasteiger partial charge in [-0.25, -0.2) is 4.98 Å². The average Bonchev–Trinajstić information content (AvgIpc) is 3.59. The first-order valence-corrected chi connectivity index (χ1v) is 13.3. The first kappa shape index (κ1) is 25.0. The second-order valence-corrected chi connectivity index (χ2v) is 10.4. The van der Waals surface area contributed by atoms with E-state index in [1.54, 1.807) is 0 Å². The lowest BCUT2D eigenvalue weighted by Gasteiger charge is -2.21. The van der Waals surface area contributed by atoms with E-state index in [1.807, 2.05) is 6.08 Å². The van der Waals surface area contributed by atoms with Crippen molar-refractivity contribution in [3.05, 3.63) is 30.0 Å². The standard InChI is InChI=1S/C27H40N2O5/c30-25(31)17-21(12-5-4-11-20-16-22-13-14-24(20)34-22)27-29-23(18-33-27)26(32)28-15-7-6-10-19-8-2-1-3-9-19/h4-5,18-22,24H,1-3,6-17H2,(H,28,32)(H,30,31)/t20-,21-,22-,24-/m0/s1. The summed E-state index contributed by atoms with van der Waals surface area (Å²) in [6.07, 6.45) is 21.4. The molecule has 2 N–H and O–H groups in total. The number of carbonyl (C=O) groups is 2. The van der Waals surface area contributed by atoms with Crippen LogP contribution in [0.15, 0.2) is 22.8 Å². The number of carboxylic acids is 1. The van der Waals surface area contributed by atoms with Crippen LogP contribution in [0.5, 0.6) is 0 Å². The zero-order valence-electron chi connectivity index (χ0n) is 20.3. The lowest BCUT2D eigenvalue weighted by atomic mass is 9.86. The Morgan fingerprint density at radius 1 is 1.15 bits per heavy atom. The summed E-state index contributed by atoms with van der Waals surface area (Å²) in [5.41, 5.74) is 0.223. The summed E-state index contributed by atoms with van der Waals surface area (Å²) < 4.78 is 11.4. The third-order valence-electron chi connectivity index (χ3n) is 7.83. The molecule has 4 rings (SSSR count). The van der Waals surface area contributed by atoms with Gasteiger partial charge in [0, 0.05) is 12.5 Å². The Hall–Kier alpha value is -2.15. The third kappa shape index (κ3) is 7.17. The number of carboxylic acid groups (broad SMARTS) is 1. The van der Waals surface area contributed by atoms with Gasteiger partial charge in [-0.2, -0.15) is 0 Å². The predicted octanol–water partition coefficient (Wildman–Crippen LogP) is 5.62. The molecule has 1 aromatic heterocycles. The van der Waals surface area contributed by atoms with Crippen molar-refractivity contribution in [3.63, 3.8) is 0 Å². The summed E-state index contributed by atoms with van der Waals surface area (Å²) in [6, 6.07) is 0. The highest BCUT2D eigenvalue weighted by atomic mass is 16.5. The highest BCUT2D eigenvalue weighted by molar-refractivity contribution is 5.91. The summed E-state index contributed by atoms with van der Waals surface area (Å²) in [7, 11) is 0. The summed E-state index contributed by atoms with van der Waals surface area (Å²) in [5.74, 6) is 0.215. The number of rotatable bonds is 13. The van der Waals surface area contributed by atoms with E-state index in [0.717, 1.165) is 38.0 Å². The molecule has 7 heteroatoms. The number of carbonyl (C=O) groups excluding carboxylic acids is 1. The van der Waals surface area contributed by atoms with Gasteiger partial charge < -0.3 is 19.6 Å². The highest BCUT2D eigenvalue weighted by Crippen LogP contribution is 2.40. The second-order valence-electron chi connectivity index (χ2n) is 10.4. The van der Waals surface area contributed by atoms with Gasteiger partial charge in [0.1, 0.15) is 6.26 Å². The Balaban J connectivity index is 1.19. The van der Waals surface area contributed by atoms with Crippen molar-refractivity contribution in [2.45, 2.75) is 108 Å². The third-order valence-corrected chi connectivity index (χ3v) is 7.83. The molecule has 1 saturated carbocycles. The minimum Gasteiger partial charge on any atom is -0.481 e. The number of oxazole rings is 1. The van der Waals surface area contributed by atoms with Crippen molar-refractivity contribution < 1.29 is 23.8 Å².